The molecule has 6 heteroatoms. The van der Waals surface area contributed by atoms with E-state index in [0.717, 1.165) is 12.2 Å². The van der Waals surface area contributed by atoms with E-state index in [1.54, 1.807) is 24.3 Å². The molecule has 1 amide bonds. The van der Waals surface area contributed by atoms with Crippen molar-refractivity contribution in [2.45, 2.75) is 20.3 Å². The molecule has 3 rings (SSSR count). The van der Waals surface area contributed by atoms with E-state index in [0.29, 0.717) is 29.7 Å². The molecule has 0 spiro atoms. The number of carbonyl (C=O) groups is 2. The first-order valence-electron chi connectivity index (χ1n) is 9.02. The van der Waals surface area contributed by atoms with Crippen LogP contribution < -0.4 is 14.8 Å². The van der Waals surface area contributed by atoms with E-state index in [-0.39, 0.29) is 24.4 Å². The lowest BCUT2D eigenvalue weighted by molar-refractivity contribution is -0.148. The lowest BCUT2D eigenvalue weighted by Gasteiger charge is -2.09. The molecule has 0 aliphatic heterocycles. The molecule has 2 aromatic rings. The summed E-state index contributed by atoms with van der Waals surface area (Å²) in [7, 11) is 0. The van der Waals surface area contributed by atoms with E-state index < -0.39 is 0 Å². The van der Waals surface area contributed by atoms with Crippen LogP contribution in [-0.4, -0.2) is 25.1 Å². The molecule has 27 heavy (non-hydrogen) atoms. The summed E-state index contributed by atoms with van der Waals surface area (Å²) in [6.45, 7) is 4.27. The van der Waals surface area contributed by atoms with Crippen molar-refractivity contribution in [1.82, 2.24) is 0 Å². The predicted octanol–water partition coefficient (Wildman–Crippen LogP) is 4.02. The molecular formula is C21H23NO5. The fourth-order valence-electron chi connectivity index (χ4n) is 2.60. The molecule has 0 unspecified atom stereocenters. The Morgan fingerprint density at radius 2 is 1.56 bits per heavy atom. The van der Waals surface area contributed by atoms with Crippen LogP contribution in [0.25, 0.3) is 0 Å². The van der Waals surface area contributed by atoms with Crippen molar-refractivity contribution in [3.05, 3.63) is 48.5 Å². The third kappa shape index (κ3) is 5.48. The number of carbonyl (C=O) groups excluding carboxylic acids is 2. The number of rotatable bonds is 8. The van der Waals surface area contributed by atoms with Crippen LogP contribution >= 0.6 is 0 Å². The van der Waals surface area contributed by atoms with Crippen molar-refractivity contribution in [2.75, 3.05) is 18.5 Å². The maximum atomic E-state index is 11.9. The monoisotopic (exact) mass is 369 g/mol. The van der Waals surface area contributed by atoms with Gasteiger partial charge in [0.05, 0.1) is 12.5 Å². The molecule has 0 aromatic heterocycles. The highest BCUT2D eigenvalue weighted by Gasteiger charge is 2.40. The quantitative estimate of drug-likeness (QED) is 0.712. The van der Waals surface area contributed by atoms with Crippen LogP contribution in [0.4, 0.5) is 5.69 Å². The SMILES string of the molecule is CCOc1ccc(Oc2ccc(NC(=O)COC(=O)[C@@H]3C[C@@H]3C)cc2)cc1. The minimum absolute atomic E-state index is 0.0446. The van der Waals surface area contributed by atoms with Gasteiger partial charge in [-0.05, 0) is 67.8 Å². The second kappa shape index (κ2) is 8.58. The number of hydrogen-bond donors (Lipinski definition) is 1. The van der Waals surface area contributed by atoms with Crippen LogP contribution in [0.5, 0.6) is 17.2 Å². The van der Waals surface area contributed by atoms with E-state index in [1.165, 1.54) is 0 Å². The van der Waals surface area contributed by atoms with Crippen LogP contribution in [0.1, 0.15) is 20.3 Å². The van der Waals surface area contributed by atoms with Crippen molar-refractivity contribution < 1.29 is 23.8 Å². The molecule has 1 saturated carbocycles. The molecule has 1 aliphatic carbocycles. The first-order valence-corrected chi connectivity index (χ1v) is 9.02. The standard InChI is InChI=1S/C21H23NO5/c1-3-25-16-8-10-18(11-9-16)27-17-6-4-15(5-7-17)22-20(23)13-26-21(24)19-12-14(19)2/h4-11,14,19H,3,12-13H2,1-2H3,(H,22,23)/t14-,19+/m0/s1. The van der Waals surface area contributed by atoms with Gasteiger partial charge < -0.3 is 19.5 Å². The van der Waals surface area contributed by atoms with Gasteiger partial charge in [0.25, 0.3) is 5.91 Å². The Balaban J connectivity index is 1.46. The summed E-state index contributed by atoms with van der Waals surface area (Å²) in [6, 6.07) is 14.3. The van der Waals surface area contributed by atoms with E-state index in [2.05, 4.69) is 5.32 Å². The van der Waals surface area contributed by atoms with Crippen LogP contribution in [0.2, 0.25) is 0 Å². The Labute approximate surface area is 158 Å². The van der Waals surface area contributed by atoms with E-state index in [4.69, 9.17) is 14.2 Å². The van der Waals surface area contributed by atoms with Crippen LogP contribution in [0.15, 0.2) is 48.5 Å². The van der Waals surface area contributed by atoms with E-state index in [9.17, 15) is 9.59 Å². The number of amides is 1. The highest BCUT2D eigenvalue weighted by Crippen LogP contribution is 2.38. The zero-order chi connectivity index (χ0) is 19.2. The van der Waals surface area contributed by atoms with E-state index >= 15 is 0 Å². The number of ether oxygens (including phenoxy) is 3. The molecule has 0 bridgehead atoms. The average Bonchev–Trinajstić information content (AvgIpc) is 3.40. The lowest BCUT2D eigenvalue weighted by Crippen LogP contribution is -2.21. The predicted molar refractivity (Wildman–Crippen MR) is 101 cm³/mol. The summed E-state index contributed by atoms with van der Waals surface area (Å²) in [5.41, 5.74) is 0.606. The zero-order valence-electron chi connectivity index (χ0n) is 15.4. The van der Waals surface area contributed by atoms with Gasteiger partial charge in [-0.2, -0.15) is 0 Å². The molecule has 142 valence electrons. The molecule has 0 radical (unpaired) electrons. The van der Waals surface area contributed by atoms with Gasteiger partial charge in [-0.3, -0.25) is 9.59 Å². The Morgan fingerprint density at radius 1 is 1.00 bits per heavy atom. The Kier molecular flexibility index (Phi) is 5.96. The molecule has 2 atom stereocenters. The second-order valence-corrected chi connectivity index (χ2v) is 6.51. The molecule has 0 heterocycles. The van der Waals surface area contributed by atoms with Crippen molar-refractivity contribution in [3.8, 4) is 17.2 Å². The highest BCUT2D eigenvalue weighted by atomic mass is 16.5. The normalized spacial score (nSPS) is 17.7. The van der Waals surface area contributed by atoms with Crippen LogP contribution in [0, 0.1) is 11.8 Å². The maximum Gasteiger partial charge on any atom is 0.309 e. The summed E-state index contributed by atoms with van der Waals surface area (Å²) < 4.78 is 16.2. The summed E-state index contributed by atoms with van der Waals surface area (Å²) in [6.07, 6.45) is 0.844. The summed E-state index contributed by atoms with van der Waals surface area (Å²) in [4.78, 5) is 23.5. The lowest BCUT2D eigenvalue weighted by atomic mass is 10.3. The maximum absolute atomic E-state index is 11.9. The van der Waals surface area contributed by atoms with Gasteiger partial charge in [0, 0.05) is 5.69 Å². The van der Waals surface area contributed by atoms with Gasteiger partial charge >= 0.3 is 5.97 Å². The third-order valence-electron chi connectivity index (χ3n) is 4.27. The van der Waals surface area contributed by atoms with Crippen LogP contribution in [0.3, 0.4) is 0 Å². The Morgan fingerprint density at radius 3 is 2.11 bits per heavy atom. The minimum atomic E-state index is -0.364. The highest BCUT2D eigenvalue weighted by molar-refractivity contribution is 5.93. The van der Waals surface area contributed by atoms with Gasteiger partial charge in [-0.25, -0.2) is 0 Å². The summed E-state index contributed by atoms with van der Waals surface area (Å²) >= 11 is 0. The van der Waals surface area contributed by atoms with Crippen molar-refractivity contribution in [2.24, 2.45) is 11.8 Å². The summed E-state index contributed by atoms with van der Waals surface area (Å²) in [5, 5.41) is 2.69. The van der Waals surface area contributed by atoms with Gasteiger partial charge in [0.15, 0.2) is 6.61 Å². The van der Waals surface area contributed by atoms with Crippen molar-refractivity contribution in [1.29, 1.82) is 0 Å². The van der Waals surface area contributed by atoms with Gasteiger partial charge in [-0.1, -0.05) is 6.92 Å². The van der Waals surface area contributed by atoms with Crippen LogP contribution in [-0.2, 0) is 14.3 Å². The first-order chi connectivity index (χ1) is 13.0. The molecule has 1 N–H and O–H groups in total. The number of nitrogens with one attached hydrogen (secondary N) is 1. The van der Waals surface area contributed by atoms with Gasteiger partial charge in [0.2, 0.25) is 0 Å². The Hall–Kier alpha value is -3.02. The fraction of sp³-hybridized carbons (Fsp3) is 0.333. The molecule has 0 saturated heterocycles. The molecule has 1 fully saturated rings. The topological polar surface area (TPSA) is 73.9 Å². The fourth-order valence-corrected chi connectivity index (χ4v) is 2.60. The molecule has 2 aromatic carbocycles. The number of hydrogen-bond acceptors (Lipinski definition) is 5. The number of benzene rings is 2. The first kappa shape index (κ1) is 18.8. The number of anilines is 1. The smallest absolute Gasteiger partial charge is 0.309 e. The molecule has 1 aliphatic rings. The number of esters is 1. The molecule has 6 nitrogen and oxygen atoms in total. The largest absolute Gasteiger partial charge is 0.494 e. The van der Waals surface area contributed by atoms with Crippen molar-refractivity contribution >= 4 is 17.6 Å². The van der Waals surface area contributed by atoms with Crippen molar-refractivity contribution in [3.63, 3.8) is 0 Å². The Bertz CT molecular complexity index is 785. The average molecular weight is 369 g/mol. The third-order valence-corrected chi connectivity index (χ3v) is 4.27. The second-order valence-electron chi connectivity index (χ2n) is 6.51. The molecular weight excluding hydrogens is 346 g/mol. The summed E-state index contributed by atoms with van der Waals surface area (Å²) in [5.74, 6) is 1.79. The minimum Gasteiger partial charge on any atom is -0.494 e. The zero-order valence-corrected chi connectivity index (χ0v) is 15.4. The van der Waals surface area contributed by atoms with Gasteiger partial charge in [0.1, 0.15) is 17.2 Å². The van der Waals surface area contributed by atoms with E-state index in [1.807, 2.05) is 38.1 Å². The van der Waals surface area contributed by atoms with Gasteiger partial charge in [-0.15, -0.1) is 0 Å².